The van der Waals surface area contributed by atoms with Crippen LogP contribution >= 0.6 is 34.8 Å². The maximum absolute atomic E-state index is 12.0. The third-order valence-corrected chi connectivity index (χ3v) is 3.57. The first-order valence-electron chi connectivity index (χ1n) is 5.93. The maximum atomic E-state index is 12.0. The molecule has 0 aromatic heterocycles. The van der Waals surface area contributed by atoms with Gasteiger partial charge in [-0.3, -0.25) is 10.1 Å². The molecule has 0 N–H and O–H groups in total. The smallest absolute Gasteiger partial charge is 0.345 e. The van der Waals surface area contributed by atoms with E-state index < -0.39 is 10.9 Å². The van der Waals surface area contributed by atoms with E-state index in [-0.39, 0.29) is 22.9 Å². The molecule has 0 bridgehead atoms. The van der Waals surface area contributed by atoms with Crippen LogP contribution in [0.5, 0.6) is 0 Å². The zero-order valence-corrected chi connectivity index (χ0v) is 13.2. The number of carbonyl (C=O) groups excluding carboxylic acids is 1. The van der Waals surface area contributed by atoms with Crippen LogP contribution in [0.3, 0.4) is 0 Å². The Morgan fingerprint density at radius 3 is 2.36 bits per heavy atom. The SMILES string of the molecule is O=C(OCc1ccc(Cl)cc1Cl)c1cc(Cl)ccc1[N+](=O)[O-]. The van der Waals surface area contributed by atoms with E-state index in [0.717, 1.165) is 6.07 Å². The number of benzene rings is 2. The van der Waals surface area contributed by atoms with Crippen LogP contribution in [-0.2, 0) is 11.3 Å². The summed E-state index contributed by atoms with van der Waals surface area (Å²) in [6.45, 7) is -0.140. The van der Waals surface area contributed by atoms with Gasteiger partial charge in [-0.25, -0.2) is 4.79 Å². The lowest BCUT2D eigenvalue weighted by Crippen LogP contribution is -2.08. The first-order chi connectivity index (χ1) is 10.4. The molecule has 0 saturated carbocycles. The van der Waals surface area contributed by atoms with Gasteiger partial charge in [0, 0.05) is 26.7 Å². The van der Waals surface area contributed by atoms with Crippen LogP contribution in [0.25, 0.3) is 0 Å². The number of ether oxygens (including phenoxy) is 1. The van der Waals surface area contributed by atoms with Crippen molar-refractivity contribution in [1.82, 2.24) is 0 Å². The van der Waals surface area contributed by atoms with Gasteiger partial charge in [-0.1, -0.05) is 40.9 Å². The lowest BCUT2D eigenvalue weighted by molar-refractivity contribution is -0.385. The summed E-state index contributed by atoms with van der Waals surface area (Å²) in [5.41, 5.74) is -0.0664. The van der Waals surface area contributed by atoms with Gasteiger partial charge in [0.15, 0.2) is 0 Å². The largest absolute Gasteiger partial charge is 0.457 e. The summed E-state index contributed by atoms with van der Waals surface area (Å²) in [6.07, 6.45) is 0. The van der Waals surface area contributed by atoms with Gasteiger partial charge in [0.1, 0.15) is 12.2 Å². The fourth-order valence-corrected chi connectivity index (χ4v) is 2.33. The highest BCUT2D eigenvalue weighted by Crippen LogP contribution is 2.25. The molecule has 0 saturated heterocycles. The Balaban J connectivity index is 2.19. The molecule has 0 aliphatic heterocycles. The minimum absolute atomic E-state index is 0.140. The van der Waals surface area contributed by atoms with Crippen molar-refractivity contribution in [3.63, 3.8) is 0 Å². The normalized spacial score (nSPS) is 10.3. The highest BCUT2D eigenvalue weighted by atomic mass is 35.5. The summed E-state index contributed by atoms with van der Waals surface area (Å²) in [4.78, 5) is 22.3. The van der Waals surface area contributed by atoms with Crippen LogP contribution < -0.4 is 0 Å². The van der Waals surface area contributed by atoms with Crippen molar-refractivity contribution < 1.29 is 14.5 Å². The van der Waals surface area contributed by atoms with Crippen LogP contribution in [0.1, 0.15) is 15.9 Å². The number of hydrogen-bond acceptors (Lipinski definition) is 4. The number of nitro groups is 1. The van der Waals surface area contributed by atoms with Crippen molar-refractivity contribution in [3.05, 3.63) is 72.7 Å². The molecule has 5 nitrogen and oxygen atoms in total. The summed E-state index contributed by atoms with van der Waals surface area (Å²) < 4.78 is 5.05. The third kappa shape index (κ3) is 3.88. The molecule has 0 atom stereocenters. The van der Waals surface area contributed by atoms with Crippen LogP contribution in [0.2, 0.25) is 15.1 Å². The molecule has 0 aliphatic rings. The van der Waals surface area contributed by atoms with Crippen molar-refractivity contribution in [3.8, 4) is 0 Å². The average molecular weight is 361 g/mol. The molecule has 0 unspecified atom stereocenters. The number of nitrogens with zero attached hydrogens (tertiary/aromatic N) is 1. The van der Waals surface area contributed by atoms with Crippen molar-refractivity contribution in [2.24, 2.45) is 0 Å². The molecule has 0 spiro atoms. The molecule has 114 valence electrons. The second kappa shape index (κ2) is 6.96. The van der Waals surface area contributed by atoms with Gasteiger partial charge in [0.05, 0.1) is 4.92 Å². The summed E-state index contributed by atoms with van der Waals surface area (Å²) >= 11 is 17.5. The van der Waals surface area contributed by atoms with Crippen molar-refractivity contribution in [2.45, 2.75) is 6.61 Å². The second-order valence-electron chi connectivity index (χ2n) is 4.23. The molecule has 8 heteroatoms. The highest BCUT2D eigenvalue weighted by Gasteiger charge is 2.22. The van der Waals surface area contributed by atoms with Gasteiger partial charge < -0.3 is 4.74 Å². The number of carbonyl (C=O) groups is 1. The van der Waals surface area contributed by atoms with E-state index in [1.165, 1.54) is 18.2 Å². The molecule has 0 heterocycles. The van der Waals surface area contributed by atoms with E-state index in [0.29, 0.717) is 15.6 Å². The standard InChI is InChI=1S/C14H8Cl3NO4/c15-9-3-4-13(18(20)21)11(5-9)14(19)22-7-8-1-2-10(16)6-12(8)17/h1-6H,7H2. The zero-order chi connectivity index (χ0) is 16.3. The lowest BCUT2D eigenvalue weighted by Gasteiger charge is -2.07. The summed E-state index contributed by atoms with van der Waals surface area (Å²) in [5.74, 6) is -0.861. The second-order valence-corrected chi connectivity index (χ2v) is 5.51. The molecule has 0 fully saturated rings. The Bertz CT molecular complexity index is 749. The highest BCUT2D eigenvalue weighted by molar-refractivity contribution is 6.35. The van der Waals surface area contributed by atoms with Crippen LogP contribution in [-0.4, -0.2) is 10.9 Å². The monoisotopic (exact) mass is 359 g/mol. The molecule has 2 rings (SSSR count). The third-order valence-electron chi connectivity index (χ3n) is 2.75. The molecule has 22 heavy (non-hydrogen) atoms. The Kier molecular flexibility index (Phi) is 5.24. The molecular weight excluding hydrogens is 353 g/mol. The van der Waals surface area contributed by atoms with E-state index in [9.17, 15) is 14.9 Å². The summed E-state index contributed by atoms with van der Waals surface area (Å²) in [5, 5.41) is 11.9. The number of rotatable bonds is 4. The Labute approximate surface area is 140 Å². The van der Waals surface area contributed by atoms with Gasteiger partial charge in [-0.2, -0.15) is 0 Å². The van der Waals surface area contributed by atoms with E-state index >= 15 is 0 Å². The lowest BCUT2D eigenvalue weighted by atomic mass is 10.2. The van der Waals surface area contributed by atoms with Crippen LogP contribution in [0.4, 0.5) is 5.69 Å². The predicted octanol–water partition coefficient (Wildman–Crippen LogP) is 4.91. The molecular formula is C14H8Cl3NO4. The average Bonchev–Trinajstić information content (AvgIpc) is 2.45. The fraction of sp³-hybridized carbons (Fsp3) is 0.0714. The van der Waals surface area contributed by atoms with Crippen molar-refractivity contribution in [2.75, 3.05) is 0 Å². The molecule has 0 radical (unpaired) electrons. The Hall–Kier alpha value is -1.82. The van der Waals surface area contributed by atoms with Gasteiger partial charge in [0.2, 0.25) is 0 Å². The summed E-state index contributed by atoms with van der Waals surface area (Å²) in [7, 11) is 0. The first-order valence-corrected chi connectivity index (χ1v) is 7.07. The first kappa shape index (κ1) is 16.5. The topological polar surface area (TPSA) is 69.4 Å². The minimum atomic E-state index is -0.861. The maximum Gasteiger partial charge on any atom is 0.345 e. The summed E-state index contributed by atoms with van der Waals surface area (Å²) in [6, 6.07) is 8.36. The van der Waals surface area contributed by atoms with E-state index in [1.807, 2.05) is 0 Å². The number of hydrogen-bond donors (Lipinski definition) is 0. The van der Waals surface area contributed by atoms with Gasteiger partial charge in [-0.15, -0.1) is 0 Å². The van der Waals surface area contributed by atoms with Gasteiger partial charge in [0.25, 0.3) is 5.69 Å². The van der Waals surface area contributed by atoms with E-state index in [1.54, 1.807) is 12.1 Å². The minimum Gasteiger partial charge on any atom is -0.457 e. The van der Waals surface area contributed by atoms with Crippen molar-refractivity contribution in [1.29, 1.82) is 0 Å². The fourth-order valence-electron chi connectivity index (χ4n) is 1.69. The van der Waals surface area contributed by atoms with Gasteiger partial charge >= 0.3 is 5.97 Å². The molecule has 0 amide bonds. The van der Waals surface area contributed by atoms with E-state index in [4.69, 9.17) is 39.5 Å². The van der Waals surface area contributed by atoms with E-state index in [2.05, 4.69) is 0 Å². The van der Waals surface area contributed by atoms with Gasteiger partial charge in [-0.05, 0) is 24.3 Å². The van der Waals surface area contributed by atoms with Crippen molar-refractivity contribution >= 4 is 46.5 Å². The Morgan fingerprint density at radius 1 is 1.09 bits per heavy atom. The van der Waals surface area contributed by atoms with Crippen LogP contribution in [0, 0.1) is 10.1 Å². The zero-order valence-electron chi connectivity index (χ0n) is 10.9. The van der Waals surface area contributed by atoms with Crippen LogP contribution in [0.15, 0.2) is 36.4 Å². The molecule has 2 aromatic carbocycles. The predicted molar refractivity (Wildman–Crippen MR) is 83.7 cm³/mol. The molecule has 0 aliphatic carbocycles. The quantitative estimate of drug-likeness (QED) is 0.441. The number of esters is 1. The number of nitro benzene ring substituents is 1. The Morgan fingerprint density at radius 2 is 1.73 bits per heavy atom. The number of halogens is 3. The molecule has 2 aromatic rings.